The van der Waals surface area contributed by atoms with E-state index in [2.05, 4.69) is 16.4 Å². The van der Waals surface area contributed by atoms with Crippen LogP contribution in [0.4, 0.5) is 0 Å². The molecule has 0 aliphatic heterocycles. The Morgan fingerprint density at radius 2 is 2.17 bits per heavy atom. The molecule has 2 atom stereocenters. The third kappa shape index (κ3) is 2.33. The van der Waals surface area contributed by atoms with E-state index in [1.165, 1.54) is 28.8 Å². The monoisotopic (exact) mass is 259 g/mol. The molecular weight excluding hydrogens is 242 g/mol. The molecule has 0 amide bonds. The second-order valence-electron chi connectivity index (χ2n) is 4.92. The lowest BCUT2D eigenvalue weighted by Gasteiger charge is -2.27. The van der Waals surface area contributed by atoms with Gasteiger partial charge >= 0.3 is 0 Å². The van der Waals surface area contributed by atoms with Crippen molar-refractivity contribution >= 4 is 11.3 Å². The maximum absolute atomic E-state index is 10.5. The summed E-state index contributed by atoms with van der Waals surface area (Å²) in [6, 6.07) is 6.17. The summed E-state index contributed by atoms with van der Waals surface area (Å²) in [6.07, 6.45) is 7.52. The Hall–Kier alpha value is -1.19. The SMILES string of the molecule is OC(Cc1ccncc1)C1CCCc2sccc21. The number of aliphatic hydroxyl groups is 1. The Kier molecular flexibility index (Phi) is 3.43. The van der Waals surface area contributed by atoms with Gasteiger partial charge < -0.3 is 5.11 Å². The lowest BCUT2D eigenvalue weighted by Crippen LogP contribution is -2.24. The summed E-state index contributed by atoms with van der Waals surface area (Å²) in [5.74, 6) is 0.313. The normalized spacial score (nSPS) is 20.4. The summed E-state index contributed by atoms with van der Waals surface area (Å²) in [7, 11) is 0. The van der Waals surface area contributed by atoms with Crippen LogP contribution in [-0.4, -0.2) is 16.2 Å². The third-order valence-electron chi connectivity index (χ3n) is 3.76. The van der Waals surface area contributed by atoms with Crippen LogP contribution in [0, 0.1) is 0 Å². The molecule has 0 aromatic carbocycles. The first-order chi connectivity index (χ1) is 8.84. The van der Waals surface area contributed by atoms with Gasteiger partial charge in [0.1, 0.15) is 0 Å². The number of nitrogens with zero attached hydrogens (tertiary/aromatic N) is 1. The van der Waals surface area contributed by atoms with E-state index >= 15 is 0 Å². The minimum absolute atomic E-state index is 0.277. The highest BCUT2D eigenvalue weighted by atomic mass is 32.1. The molecule has 3 rings (SSSR count). The second-order valence-corrected chi connectivity index (χ2v) is 5.93. The molecule has 0 bridgehead atoms. The average Bonchev–Trinajstić information content (AvgIpc) is 2.87. The molecule has 0 fully saturated rings. The van der Waals surface area contributed by atoms with Crippen LogP contribution in [0.25, 0.3) is 0 Å². The van der Waals surface area contributed by atoms with Crippen molar-refractivity contribution in [1.29, 1.82) is 0 Å². The number of pyridine rings is 1. The van der Waals surface area contributed by atoms with Crippen molar-refractivity contribution in [2.45, 2.75) is 37.7 Å². The van der Waals surface area contributed by atoms with Gasteiger partial charge in [0.15, 0.2) is 0 Å². The largest absolute Gasteiger partial charge is 0.392 e. The van der Waals surface area contributed by atoms with E-state index in [1.807, 2.05) is 23.5 Å². The van der Waals surface area contributed by atoms with E-state index in [1.54, 1.807) is 12.4 Å². The molecule has 2 aromatic rings. The predicted octanol–water partition coefficient (Wildman–Crippen LogP) is 3.17. The number of aryl methyl sites for hydroxylation is 1. The molecule has 3 heteroatoms. The van der Waals surface area contributed by atoms with Gasteiger partial charge in [0.05, 0.1) is 6.10 Å². The minimum Gasteiger partial charge on any atom is -0.392 e. The molecule has 0 saturated carbocycles. The van der Waals surface area contributed by atoms with Gasteiger partial charge in [-0.3, -0.25) is 4.98 Å². The third-order valence-corrected chi connectivity index (χ3v) is 4.75. The summed E-state index contributed by atoms with van der Waals surface area (Å²) < 4.78 is 0. The highest BCUT2D eigenvalue weighted by molar-refractivity contribution is 7.10. The van der Waals surface area contributed by atoms with Gasteiger partial charge in [-0.15, -0.1) is 11.3 Å². The van der Waals surface area contributed by atoms with Crippen LogP contribution < -0.4 is 0 Å². The van der Waals surface area contributed by atoms with Crippen LogP contribution >= 0.6 is 11.3 Å². The van der Waals surface area contributed by atoms with Gasteiger partial charge in [0, 0.05) is 23.2 Å². The van der Waals surface area contributed by atoms with Gasteiger partial charge in [-0.05, 0) is 60.4 Å². The van der Waals surface area contributed by atoms with Crippen molar-refractivity contribution < 1.29 is 5.11 Å². The number of hydrogen-bond donors (Lipinski definition) is 1. The van der Waals surface area contributed by atoms with Crippen LogP contribution in [0.5, 0.6) is 0 Å². The summed E-state index contributed by atoms with van der Waals surface area (Å²) in [5, 5.41) is 12.6. The lowest BCUT2D eigenvalue weighted by atomic mass is 9.82. The Morgan fingerprint density at radius 3 is 3.00 bits per heavy atom. The van der Waals surface area contributed by atoms with Crippen molar-refractivity contribution in [2.24, 2.45) is 0 Å². The van der Waals surface area contributed by atoms with Crippen molar-refractivity contribution in [3.63, 3.8) is 0 Å². The average molecular weight is 259 g/mol. The first-order valence-electron chi connectivity index (χ1n) is 6.48. The Balaban J connectivity index is 1.76. The number of aromatic nitrogens is 1. The maximum Gasteiger partial charge on any atom is 0.0649 e. The molecule has 0 radical (unpaired) electrons. The number of rotatable bonds is 3. The Morgan fingerprint density at radius 1 is 1.33 bits per heavy atom. The Bertz CT molecular complexity index is 508. The molecule has 0 saturated heterocycles. The van der Waals surface area contributed by atoms with E-state index in [9.17, 15) is 5.11 Å². The standard InChI is InChI=1S/C15H17NOS/c17-14(10-11-4-7-16-8-5-11)12-2-1-3-15-13(12)6-9-18-15/h4-9,12,14,17H,1-3,10H2. The van der Waals surface area contributed by atoms with E-state index < -0.39 is 0 Å². The molecule has 2 aromatic heterocycles. The molecule has 1 aliphatic rings. The molecular formula is C15H17NOS. The molecule has 18 heavy (non-hydrogen) atoms. The molecule has 1 aliphatic carbocycles. The zero-order chi connectivity index (χ0) is 12.4. The minimum atomic E-state index is -0.277. The summed E-state index contributed by atoms with van der Waals surface area (Å²) in [6.45, 7) is 0. The molecule has 1 N–H and O–H groups in total. The maximum atomic E-state index is 10.5. The first-order valence-corrected chi connectivity index (χ1v) is 7.36. The van der Waals surface area contributed by atoms with Crippen molar-refractivity contribution in [2.75, 3.05) is 0 Å². The van der Waals surface area contributed by atoms with E-state index in [0.29, 0.717) is 5.92 Å². The highest BCUT2D eigenvalue weighted by Crippen LogP contribution is 2.37. The number of thiophene rings is 1. The van der Waals surface area contributed by atoms with Gasteiger partial charge in [-0.1, -0.05) is 0 Å². The lowest BCUT2D eigenvalue weighted by molar-refractivity contribution is 0.135. The fourth-order valence-corrected chi connectivity index (χ4v) is 3.82. The quantitative estimate of drug-likeness (QED) is 0.918. The van der Waals surface area contributed by atoms with E-state index in [4.69, 9.17) is 0 Å². The van der Waals surface area contributed by atoms with Crippen LogP contribution in [0.3, 0.4) is 0 Å². The topological polar surface area (TPSA) is 33.1 Å². The van der Waals surface area contributed by atoms with Crippen molar-refractivity contribution in [3.8, 4) is 0 Å². The second kappa shape index (κ2) is 5.21. The van der Waals surface area contributed by atoms with Crippen LogP contribution in [0.1, 0.15) is 34.8 Å². The molecule has 2 heterocycles. The predicted molar refractivity (Wildman–Crippen MR) is 73.9 cm³/mol. The fraction of sp³-hybridized carbons (Fsp3) is 0.400. The number of aliphatic hydroxyl groups excluding tert-OH is 1. The summed E-state index contributed by atoms with van der Waals surface area (Å²) in [5.41, 5.74) is 2.55. The van der Waals surface area contributed by atoms with Crippen LogP contribution in [-0.2, 0) is 12.8 Å². The number of fused-ring (bicyclic) bond motifs is 1. The smallest absolute Gasteiger partial charge is 0.0649 e. The fourth-order valence-electron chi connectivity index (χ4n) is 2.82. The van der Waals surface area contributed by atoms with Crippen molar-refractivity contribution in [1.82, 2.24) is 4.98 Å². The van der Waals surface area contributed by atoms with E-state index in [0.717, 1.165) is 12.8 Å². The molecule has 2 unspecified atom stereocenters. The van der Waals surface area contributed by atoms with Crippen LogP contribution in [0.15, 0.2) is 36.0 Å². The van der Waals surface area contributed by atoms with Gasteiger partial charge in [-0.2, -0.15) is 0 Å². The molecule has 94 valence electrons. The van der Waals surface area contributed by atoms with Gasteiger partial charge in [0.2, 0.25) is 0 Å². The van der Waals surface area contributed by atoms with Gasteiger partial charge in [0.25, 0.3) is 0 Å². The first kappa shape index (κ1) is 11.9. The van der Waals surface area contributed by atoms with E-state index in [-0.39, 0.29) is 6.10 Å². The molecule has 2 nitrogen and oxygen atoms in total. The van der Waals surface area contributed by atoms with Gasteiger partial charge in [-0.25, -0.2) is 0 Å². The highest BCUT2D eigenvalue weighted by Gasteiger charge is 2.27. The van der Waals surface area contributed by atoms with Crippen molar-refractivity contribution in [3.05, 3.63) is 52.0 Å². The van der Waals surface area contributed by atoms with Crippen LogP contribution in [0.2, 0.25) is 0 Å². The summed E-state index contributed by atoms with van der Waals surface area (Å²) in [4.78, 5) is 5.49. The summed E-state index contributed by atoms with van der Waals surface area (Å²) >= 11 is 1.83. The number of hydrogen-bond acceptors (Lipinski definition) is 3. The Labute approximate surface area is 111 Å². The zero-order valence-electron chi connectivity index (χ0n) is 10.2. The zero-order valence-corrected chi connectivity index (χ0v) is 11.1. The molecule has 0 spiro atoms.